The summed E-state index contributed by atoms with van der Waals surface area (Å²) >= 11 is 0. The summed E-state index contributed by atoms with van der Waals surface area (Å²) in [4.78, 5) is 12.0. The van der Waals surface area contributed by atoms with Gasteiger partial charge in [0.05, 0.1) is 18.6 Å². The van der Waals surface area contributed by atoms with Crippen LogP contribution in [0.5, 0.6) is 0 Å². The highest BCUT2D eigenvalue weighted by Gasteiger charge is 2.57. The zero-order valence-corrected chi connectivity index (χ0v) is 13.8. The van der Waals surface area contributed by atoms with Crippen LogP contribution in [0.2, 0.25) is 19.6 Å². The normalized spacial score (nSPS) is 25.3. The maximum Gasteiger partial charge on any atom is 0.311 e. The lowest BCUT2D eigenvalue weighted by Gasteiger charge is -2.17. The molecule has 0 heterocycles. The minimum absolute atomic E-state index is 0.0425. The highest BCUT2D eigenvalue weighted by molar-refractivity contribution is 6.69. The van der Waals surface area contributed by atoms with E-state index in [2.05, 4.69) is 31.8 Å². The molecule has 20 heavy (non-hydrogen) atoms. The summed E-state index contributed by atoms with van der Waals surface area (Å²) in [5, 5.41) is 0. The van der Waals surface area contributed by atoms with Crippen molar-refractivity contribution in [3.8, 4) is 0 Å². The average molecular weight is 292 g/mol. The second-order valence-corrected chi connectivity index (χ2v) is 10.8. The van der Waals surface area contributed by atoms with Gasteiger partial charge < -0.3 is 9.16 Å². The number of benzene rings is 1. The molecule has 3 unspecified atom stereocenters. The second kappa shape index (κ2) is 6.10. The van der Waals surface area contributed by atoms with E-state index < -0.39 is 8.32 Å². The Balaban J connectivity index is 2.03. The summed E-state index contributed by atoms with van der Waals surface area (Å²) < 4.78 is 11.3. The van der Waals surface area contributed by atoms with E-state index in [0.717, 1.165) is 6.42 Å². The monoisotopic (exact) mass is 292 g/mol. The molecule has 2 rings (SSSR count). The van der Waals surface area contributed by atoms with Crippen LogP contribution in [0.4, 0.5) is 0 Å². The maximum absolute atomic E-state index is 12.0. The van der Waals surface area contributed by atoms with Crippen molar-refractivity contribution in [3.63, 3.8) is 0 Å². The molecule has 0 aliphatic heterocycles. The van der Waals surface area contributed by atoms with Crippen LogP contribution in [0.3, 0.4) is 0 Å². The van der Waals surface area contributed by atoms with E-state index in [0.29, 0.717) is 6.61 Å². The minimum atomic E-state index is -1.64. The number of carbonyl (C=O) groups excluding carboxylic acids is 1. The summed E-state index contributed by atoms with van der Waals surface area (Å²) in [6, 6.07) is 10.3. The molecule has 1 aliphatic rings. The van der Waals surface area contributed by atoms with Crippen LogP contribution in [0.1, 0.15) is 12.5 Å². The minimum Gasteiger partial charge on any atom is -0.466 e. The standard InChI is InChI=1S/C16H24O3Si/c1-5-18-16(17)14-13(15(14)19-20(2,3)4)11-12-9-7-6-8-10-12/h6-10,13-15H,5,11H2,1-4H3. The van der Waals surface area contributed by atoms with Crippen molar-refractivity contribution >= 4 is 14.3 Å². The van der Waals surface area contributed by atoms with Crippen molar-refractivity contribution < 1.29 is 14.0 Å². The third-order valence-electron chi connectivity index (χ3n) is 3.46. The molecule has 4 heteroatoms. The molecule has 1 aromatic rings. The van der Waals surface area contributed by atoms with E-state index in [-0.39, 0.29) is 23.9 Å². The largest absolute Gasteiger partial charge is 0.466 e. The van der Waals surface area contributed by atoms with Crippen molar-refractivity contribution in [1.29, 1.82) is 0 Å². The fourth-order valence-electron chi connectivity index (χ4n) is 2.59. The first kappa shape index (κ1) is 15.3. The van der Waals surface area contributed by atoms with Crippen LogP contribution in [-0.4, -0.2) is 27.0 Å². The molecule has 1 aromatic carbocycles. The SMILES string of the molecule is CCOC(=O)C1C(Cc2ccccc2)C1O[Si](C)(C)C. The van der Waals surface area contributed by atoms with Crippen molar-refractivity contribution in [2.24, 2.45) is 11.8 Å². The molecule has 110 valence electrons. The van der Waals surface area contributed by atoms with Gasteiger partial charge in [-0.05, 0) is 38.5 Å². The lowest BCUT2D eigenvalue weighted by Crippen LogP contribution is -2.28. The van der Waals surface area contributed by atoms with Gasteiger partial charge in [0.15, 0.2) is 8.32 Å². The van der Waals surface area contributed by atoms with Crippen LogP contribution in [0.25, 0.3) is 0 Å². The molecule has 1 aliphatic carbocycles. The highest BCUT2D eigenvalue weighted by Crippen LogP contribution is 2.46. The van der Waals surface area contributed by atoms with Gasteiger partial charge in [-0.15, -0.1) is 0 Å². The molecule has 3 atom stereocenters. The number of hydrogen-bond donors (Lipinski definition) is 0. The van der Waals surface area contributed by atoms with Crippen molar-refractivity contribution in [3.05, 3.63) is 35.9 Å². The van der Waals surface area contributed by atoms with E-state index in [9.17, 15) is 4.79 Å². The second-order valence-electron chi connectivity index (χ2n) is 6.33. The smallest absolute Gasteiger partial charge is 0.311 e. The Labute approximate surface area is 122 Å². The molecule has 0 N–H and O–H groups in total. The molecule has 0 aromatic heterocycles. The van der Waals surface area contributed by atoms with Gasteiger partial charge in [0.1, 0.15) is 0 Å². The summed E-state index contributed by atoms with van der Waals surface area (Å²) in [6.07, 6.45) is 0.931. The van der Waals surface area contributed by atoms with E-state index in [1.807, 2.05) is 25.1 Å². The maximum atomic E-state index is 12.0. The van der Waals surface area contributed by atoms with Gasteiger partial charge in [-0.3, -0.25) is 4.79 Å². The van der Waals surface area contributed by atoms with E-state index in [1.165, 1.54) is 5.56 Å². The Kier molecular flexibility index (Phi) is 4.65. The van der Waals surface area contributed by atoms with Crippen molar-refractivity contribution in [2.75, 3.05) is 6.61 Å². The third kappa shape index (κ3) is 3.93. The quantitative estimate of drug-likeness (QED) is 0.596. The molecule has 0 bridgehead atoms. The Hall–Kier alpha value is -1.13. The lowest BCUT2D eigenvalue weighted by molar-refractivity contribution is -0.145. The van der Waals surface area contributed by atoms with Crippen molar-refractivity contribution in [1.82, 2.24) is 0 Å². The molecule has 1 fully saturated rings. The van der Waals surface area contributed by atoms with E-state index in [4.69, 9.17) is 9.16 Å². The third-order valence-corrected chi connectivity index (χ3v) is 4.44. The zero-order valence-electron chi connectivity index (χ0n) is 12.8. The topological polar surface area (TPSA) is 35.5 Å². The molecule has 0 radical (unpaired) electrons. The summed E-state index contributed by atoms with van der Waals surface area (Å²) in [5.41, 5.74) is 1.26. The van der Waals surface area contributed by atoms with Gasteiger partial charge in [0.2, 0.25) is 0 Å². The predicted molar refractivity (Wildman–Crippen MR) is 82.0 cm³/mol. The molecular weight excluding hydrogens is 268 g/mol. The van der Waals surface area contributed by atoms with Gasteiger partial charge in [-0.1, -0.05) is 30.3 Å². The van der Waals surface area contributed by atoms with Crippen LogP contribution in [0, 0.1) is 11.8 Å². The molecule has 0 saturated heterocycles. The first-order chi connectivity index (χ1) is 9.42. The molecule has 0 spiro atoms. The zero-order chi connectivity index (χ0) is 14.8. The van der Waals surface area contributed by atoms with Crippen LogP contribution >= 0.6 is 0 Å². The first-order valence-electron chi connectivity index (χ1n) is 7.31. The molecule has 1 saturated carbocycles. The van der Waals surface area contributed by atoms with Gasteiger partial charge in [-0.25, -0.2) is 0 Å². The summed E-state index contributed by atoms with van der Waals surface area (Å²) in [6.45, 7) is 8.77. The number of carbonyl (C=O) groups is 1. The Morgan fingerprint density at radius 3 is 2.40 bits per heavy atom. The molecule has 3 nitrogen and oxygen atoms in total. The number of ether oxygens (including phenoxy) is 1. The van der Waals surface area contributed by atoms with E-state index in [1.54, 1.807) is 0 Å². The highest BCUT2D eigenvalue weighted by atomic mass is 28.4. The van der Waals surface area contributed by atoms with Gasteiger partial charge in [0, 0.05) is 5.92 Å². The lowest BCUT2D eigenvalue weighted by atomic mass is 10.1. The summed E-state index contributed by atoms with van der Waals surface area (Å²) in [5.74, 6) is 0.0849. The Bertz CT molecular complexity index is 453. The van der Waals surface area contributed by atoms with Gasteiger partial charge in [0.25, 0.3) is 0 Å². The molecular formula is C16H24O3Si. The summed E-state index contributed by atoms with van der Waals surface area (Å²) in [7, 11) is -1.64. The van der Waals surface area contributed by atoms with Crippen LogP contribution in [-0.2, 0) is 20.4 Å². The van der Waals surface area contributed by atoms with Crippen LogP contribution in [0.15, 0.2) is 30.3 Å². The van der Waals surface area contributed by atoms with Gasteiger partial charge in [-0.2, -0.15) is 0 Å². The number of hydrogen-bond acceptors (Lipinski definition) is 3. The predicted octanol–water partition coefficient (Wildman–Crippen LogP) is 3.26. The fourth-order valence-corrected chi connectivity index (χ4v) is 3.73. The van der Waals surface area contributed by atoms with Crippen LogP contribution < -0.4 is 0 Å². The van der Waals surface area contributed by atoms with Gasteiger partial charge >= 0.3 is 5.97 Å². The molecule has 0 amide bonds. The number of esters is 1. The fraction of sp³-hybridized carbons (Fsp3) is 0.562. The Morgan fingerprint density at radius 2 is 1.85 bits per heavy atom. The Morgan fingerprint density at radius 1 is 1.20 bits per heavy atom. The number of rotatable bonds is 6. The first-order valence-corrected chi connectivity index (χ1v) is 10.7. The van der Waals surface area contributed by atoms with E-state index >= 15 is 0 Å². The average Bonchev–Trinajstić information content (AvgIpc) is 3.01. The van der Waals surface area contributed by atoms with Crippen molar-refractivity contribution in [2.45, 2.75) is 39.1 Å².